The van der Waals surface area contributed by atoms with Gasteiger partial charge in [-0.15, -0.1) is 0 Å². The van der Waals surface area contributed by atoms with E-state index in [1.54, 1.807) is 12.3 Å². The summed E-state index contributed by atoms with van der Waals surface area (Å²) in [6, 6.07) is 3.62. The fourth-order valence-electron chi connectivity index (χ4n) is 2.94. The van der Waals surface area contributed by atoms with Gasteiger partial charge >= 0.3 is 0 Å². The van der Waals surface area contributed by atoms with Crippen molar-refractivity contribution in [1.82, 2.24) is 9.88 Å². The first kappa shape index (κ1) is 15.3. The molecule has 0 atom stereocenters. The van der Waals surface area contributed by atoms with E-state index in [4.69, 9.17) is 9.47 Å². The SMILES string of the molecule is CC1CCN(C(=O)c2ccc(OC3CCOCC3)nc2)CC1. The van der Waals surface area contributed by atoms with Gasteiger partial charge in [-0.3, -0.25) is 4.79 Å². The van der Waals surface area contributed by atoms with Crippen molar-refractivity contribution in [2.75, 3.05) is 26.3 Å². The third kappa shape index (κ3) is 3.77. The highest BCUT2D eigenvalue weighted by molar-refractivity contribution is 5.94. The molecule has 0 saturated carbocycles. The predicted octanol–water partition coefficient (Wildman–Crippen LogP) is 2.51. The Bertz CT molecular complexity index is 489. The maximum Gasteiger partial charge on any atom is 0.255 e. The molecule has 1 aromatic rings. The number of ether oxygens (including phenoxy) is 2. The van der Waals surface area contributed by atoms with Crippen LogP contribution in [0.3, 0.4) is 0 Å². The molecule has 2 aliphatic rings. The second kappa shape index (κ2) is 7.09. The minimum atomic E-state index is 0.0806. The topological polar surface area (TPSA) is 51.7 Å². The molecule has 5 nitrogen and oxygen atoms in total. The molecule has 2 aliphatic heterocycles. The van der Waals surface area contributed by atoms with Gasteiger partial charge in [-0.25, -0.2) is 4.98 Å². The van der Waals surface area contributed by atoms with Gasteiger partial charge in [-0.1, -0.05) is 6.92 Å². The molecular weight excluding hydrogens is 280 g/mol. The lowest BCUT2D eigenvalue weighted by molar-refractivity contribution is 0.0237. The molecule has 0 bridgehead atoms. The van der Waals surface area contributed by atoms with Crippen LogP contribution < -0.4 is 4.74 Å². The monoisotopic (exact) mass is 304 g/mol. The molecule has 5 heteroatoms. The summed E-state index contributed by atoms with van der Waals surface area (Å²) in [7, 11) is 0. The van der Waals surface area contributed by atoms with E-state index in [-0.39, 0.29) is 12.0 Å². The first-order valence-corrected chi connectivity index (χ1v) is 8.22. The van der Waals surface area contributed by atoms with Crippen LogP contribution in [0.15, 0.2) is 18.3 Å². The average molecular weight is 304 g/mol. The molecule has 1 aromatic heterocycles. The molecule has 0 aromatic carbocycles. The number of carbonyl (C=O) groups excluding carboxylic acids is 1. The van der Waals surface area contributed by atoms with E-state index in [1.165, 1.54) is 0 Å². The molecule has 0 aliphatic carbocycles. The molecule has 0 N–H and O–H groups in total. The van der Waals surface area contributed by atoms with Gasteiger partial charge in [0.1, 0.15) is 6.10 Å². The van der Waals surface area contributed by atoms with Crippen molar-refractivity contribution in [3.8, 4) is 5.88 Å². The number of hydrogen-bond donors (Lipinski definition) is 0. The second-order valence-corrected chi connectivity index (χ2v) is 6.29. The zero-order valence-corrected chi connectivity index (χ0v) is 13.2. The molecule has 120 valence electrons. The number of piperidine rings is 1. The van der Waals surface area contributed by atoms with Crippen LogP contribution in [0.25, 0.3) is 0 Å². The quantitative estimate of drug-likeness (QED) is 0.861. The number of nitrogens with zero attached hydrogens (tertiary/aromatic N) is 2. The van der Waals surface area contributed by atoms with Gasteiger partial charge < -0.3 is 14.4 Å². The highest BCUT2D eigenvalue weighted by Crippen LogP contribution is 2.20. The van der Waals surface area contributed by atoms with Crippen LogP contribution in [0.2, 0.25) is 0 Å². The third-order valence-corrected chi connectivity index (χ3v) is 4.51. The lowest BCUT2D eigenvalue weighted by Gasteiger charge is -2.30. The maximum absolute atomic E-state index is 12.4. The van der Waals surface area contributed by atoms with E-state index in [9.17, 15) is 4.79 Å². The summed E-state index contributed by atoms with van der Waals surface area (Å²) >= 11 is 0. The van der Waals surface area contributed by atoms with Gasteiger partial charge in [0.05, 0.1) is 18.8 Å². The molecule has 3 rings (SSSR count). The van der Waals surface area contributed by atoms with Crippen LogP contribution in [0.4, 0.5) is 0 Å². The Morgan fingerprint density at radius 2 is 1.95 bits per heavy atom. The van der Waals surface area contributed by atoms with E-state index >= 15 is 0 Å². The van der Waals surface area contributed by atoms with Crippen molar-refractivity contribution in [2.24, 2.45) is 5.92 Å². The highest BCUT2D eigenvalue weighted by atomic mass is 16.5. The Hall–Kier alpha value is -1.62. The first-order chi connectivity index (χ1) is 10.7. The summed E-state index contributed by atoms with van der Waals surface area (Å²) in [4.78, 5) is 18.7. The molecule has 0 spiro atoms. The van der Waals surface area contributed by atoms with E-state index in [1.807, 2.05) is 11.0 Å². The predicted molar refractivity (Wildman–Crippen MR) is 83.0 cm³/mol. The van der Waals surface area contributed by atoms with Crippen molar-refractivity contribution in [3.05, 3.63) is 23.9 Å². The summed E-state index contributed by atoms with van der Waals surface area (Å²) in [6.45, 7) is 5.43. The van der Waals surface area contributed by atoms with Crippen molar-refractivity contribution in [1.29, 1.82) is 0 Å². The zero-order chi connectivity index (χ0) is 15.4. The van der Waals surface area contributed by atoms with Gasteiger partial charge in [0.15, 0.2) is 0 Å². The molecule has 3 heterocycles. The number of hydrogen-bond acceptors (Lipinski definition) is 4. The fourth-order valence-corrected chi connectivity index (χ4v) is 2.94. The van der Waals surface area contributed by atoms with Crippen LogP contribution >= 0.6 is 0 Å². The number of likely N-dealkylation sites (tertiary alicyclic amines) is 1. The standard InChI is InChI=1S/C17H24N2O3/c1-13-4-8-19(9-5-13)17(20)14-2-3-16(18-12-14)22-15-6-10-21-11-7-15/h2-3,12-13,15H,4-11H2,1H3. The summed E-state index contributed by atoms with van der Waals surface area (Å²) in [6.07, 6.45) is 5.78. The van der Waals surface area contributed by atoms with Gasteiger partial charge in [-0.2, -0.15) is 0 Å². The fraction of sp³-hybridized carbons (Fsp3) is 0.647. The van der Waals surface area contributed by atoms with Gasteiger partial charge in [-0.05, 0) is 24.8 Å². The molecule has 1 amide bonds. The summed E-state index contributed by atoms with van der Waals surface area (Å²) in [5.41, 5.74) is 0.647. The third-order valence-electron chi connectivity index (χ3n) is 4.51. The Labute approximate surface area is 131 Å². The lowest BCUT2D eigenvalue weighted by Crippen LogP contribution is -2.37. The van der Waals surface area contributed by atoms with Crippen LogP contribution in [-0.2, 0) is 4.74 Å². The summed E-state index contributed by atoms with van der Waals surface area (Å²) in [5, 5.41) is 0. The Kier molecular flexibility index (Phi) is 4.93. The molecule has 0 unspecified atom stereocenters. The van der Waals surface area contributed by atoms with Gasteiger partial charge in [0.2, 0.25) is 5.88 Å². The zero-order valence-electron chi connectivity index (χ0n) is 13.2. The van der Waals surface area contributed by atoms with Crippen molar-refractivity contribution >= 4 is 5.91 Å². The van der Waals surface area contributed by atoms with Crippen molar-refractivity contribution in [2.45, 2.75) is 38.7 Å². The van der Waals surface area contributed by atoms with E-state index in [2.05, 4.69) is 11.9 Å². The van der Waals surface area contributed by atoms with Crippen LogP contribution in [-0.4, -0.2) is 48.2 Å². The minimum Gasteiger partial charge on any atom is -0.474 e. The maximum atomic E-state index is 12.4. The largest absolute Gasteiger partial charge is 0.474 e. The molecule has 22 heavy (non-hydrogen) atoms. The molecule has 0 radical (unpaired) electrons. The van der Waals surface area contributed by atoms with E-state index in [0.29, 0.717) is 11.4 Å². The second-order valence-electron chi connectivity index (χ2n) is 6.29. The van der Waals surface area contributed by atoms with Gasteiger partial charge in [0.25, 0.3) is 5.91 Å². The summed E-state index contributed by atoms with van der Waals surface area (Å²) in [5.74, 6) is 1.39. The molecular formula is C17H24N2O3. The van der Waals surface area contributed by atoms with E-state index < -0.39 is 0 Å². The number of amides is 1. The van der Waals surface area contributed by atoms with Crippen molar-refractivity contribution in [3.63, 3.8) is 0 Å². The van der Waals surface area contributed by atoms with Crippen LogP contribution in [0.5, 0.6) is 5.88 Å². The summed E-state index contributed by atoms with van der Waals surface area (Å²) < 4.78 is 11.1. The Balaban J connectivity index is 1.57. The molecule has 2 fully saturated rings. The highest BCUT2D eigenvalue weighted by Gasteiger charge is 2.22. The minimum absolute atomic E-state index is 0.0806. The van der Waals surface area contributed by atoms with Gasteiger partial charge in [0, 0.05) is 38.2 Å². The molecule has 2 saturated heterocycles. The van der Waals surface area contributed by atoms with Crippen molar-refractivity contribution < 1.29 is 14.3 Å². The number of carbonyl (C=O) groups is 1. The van der Waals surface area contributed by atoms with Crippen LogP contribution in [0.1, 0.15) is 43.0 Å². The number of rotatable bonds is 3. The Morgan fingerprint density at radius 3 is 2.59 bits per heavy atom. The smallest absolute Gasteiger partial charge is 0.255 e. The number of pyridine rings is 1. The van der Waals surface area contributed by atoms with Crippen LogP contribution in [0, 0.1) is 5.92 Å². The normalized spacial score (nSPS) is 20.9. The number of aromatic nitrogens is 1. The first-order valence-electron chi connectivity index (χ1n) is 8.22. The Morgan fingerprint density at radius 1 is 1.23 bits per heavy atom. The lowest BCUT2D eigenvalue weighted by atomic mass is 9.99. The average Bonchev–Trinajstić information content (AvgIpc) is 2.57. The van der Waals surface area contributed by atoms with E-state index in [0.717, 1.165) is 57.9 Å².